The summed E-state index contributed by atoms with van der Waals surface area (Å²) in [5, 5.41) is 1.24. The summed E-state index contributed by atoms with van der Waals surface area (Å²) < 4.78 is 0. The smallest absolute Gasteiger partial charge is 0.233 e. The predicted molar refractivity (Wildman–Crippen MR) is 51.0 cm³/mol. The first-order valence-electron chi connectivity index (χ1n) is 4.39. The number of imidazole rings is 1. The Morgan fingerprint density at radius 2 is 2.36 bits per heavy atom. The molecule has 0 aliphatic carbocycles. The molecule has 0 aromatic carbocycles. The van der Waals surface area contributed by atoms with Gasteiger partial charge in [-0.15, -0.1) is 0 Å². The lowest BCUT2D eigenvalue weighted by Crippen LogP contribution is -2.32. The van der Waals surface area contributed by atoms with E-state index in [2.05, 4.69) is 9.97 Å². The minimum Gasteiger partial charge on any atom is -0.347 e. The first kappa shape index (κ1) is 10.7. The lowest BCUT2D eigenvalue weighted by molar-refractivity contribution is -0.220. The number of amides is 1. The number of carbonyl (C=O) groups is 1. The second-order valence-corrected chi connectivity index (χ2v) is 3.96. The first-order chi connectivity index (χ1) is 6.51. The van der Waals surface area contributed by atoms with Crippen LogP contribution in [0.4, 0.5) is 0 Å². The molecule has 0 unspecified atom stereocenters. The summed E-state index contributed by atoms with van der Waals surface area (Å²) in [5.41, 5.74) is 0.461. The van der Waals surface area contributed by atoms with E-state index in [0.29, 0.717) is 13.0 Å². The van der Waals surface area contributed by atoms with Crippen molar-refractivity contribution in [3.8, 4) is 0 Å². The highest BCUT2D eigenvalue weighted by molar-refractivity contribution is 5.45. The van der Waals surface area contributed by atoms with Gasteiger partial charge in [0.1, 0.15) is 0 Å². The number of H-pyrrole nitrogens is 1. The zero-order valence-corrected chi connectivity index (χ0v) is 8.65. The van der Waals surface area contributed by atoms with Crippen LogP contribution in [-0.4, -0.2) is 27.0 Å². The Morgan fingerprint density at radius 3 is 2.79 bits per heavy atom. The van der Waals surface area contributed by atoms with Gasteiger partial charge in [-0.2, -0.15) is 0 Å². The van der Waals surface area contributed by atoms with E-state index in [1.165, 1.54) is 5.06 Å². The van der Waals surface area contributed by atoms with Crippen molar-refractivity contribution in [1.82, 2.24) is 15.0 Å². The molecule has 0 aliphatic heterocycles. The fraction of sp³-hybridized carbons (Fsp3) is 0.556. The van der Waals surface area contributed by atoms with Crippen LogP contribution in [0.3, 0.4) is 0 Å². The normalized spacial score (nSPS) is 11.4. The molecule has 1 amide bonds. The van der Waals surface area contributed by atoms with Gasteiger partial charge >= 0.3 is 0 Å². The van der Waals surface area contributed by atoms with Crippen molar-refractivity contribution in [1.29, 1.82) is 0 Å². The number of rotatable bonds is 4. The van der Waals surface area contributed by atoms with Crippen LogP contribution in [0, 0.1) is 0 Å². The fourth-order valence-electron chi connectivity index (χ4n) is 0.982. The van der Waals surface area contributed by atoms with Crippen molar-refractivity contribution in [3.05, 3.63) is 18.2 Å². The van der Waals surface area contributed by atoms with Crippen LogP contribution in [0.25, 0.3) is 0 Å². The van der Waals surface area contributed by atoms with Gasteiger partial charge in [-0.3, -0.25) is 9.63 Å². The van der Waals surface area contributed by atoms with Crippen LogP contribution in [0.1, 0.15) is 26.5 Å². The maximum atomic E-state index is 10.7. The highest BCUT2D eigenvalue weighted by atomic mass is 16.7. The Hall–Kier alpha value is -1.36. The molecule has 1 aromatic heterocycles. The summed E-state index contributed by atoms with van der Waals surface area (Å²) in [6.45, 7) is 6.03. The third-order valence-corrected chi connectivity index (χ3v) is 1.39. The molecular weight excluding hydrogens is 182 g/mol. The number of nitrogens with one attached hydrogen (secondary N) is 1. The van der Waals surface area contributed by atoms with E-state index < -0.39 is 0 Å². The third kappa shape index (κ3) is 3.57. The minimum absolute atomic E-state index is 0.374. The average molecular weight is 197 g/mol. The molecule has 78 valence electrons. The largest absolute Gasteiger partial charge is 0.347 e. The fourth-order valence-corrected chi connectivity index (χ4v) is 0.982. The Labute approximate surface area is 83.0 Å². The van der Waals surface area contributed by atoms with Crippen LogP contribution in [0.15, 0.2) is 12.5 Å². The van der Waals surface area contributed by atoms with Gasteiger partial charge in [0.15, 0.2) is 0 Å². The Bertz CT molecular complexity index is 277. The Kier molecular flexibility index (Phi) is 3.24. The lowest BCUT2D eigenvalue weighted by atomic mass is 10.2. The summed E-state index contributed by atoms with van der Waals surface area (Å²) in [6.07, 6.45) is 3.88. The number of aromatic nitrogens is 2. The summed E-state index contributed by atoms with van der Waals surface area (Å²) in [5.74, 6) is 0. The molecule has 1 N–H and O–H groups in total. The number of hydrogen-bond acceptors (Lipinski definition) is 3. The van der Waals surface area contributed by atoms with Gasteiger partial charge < -0.3 is 4.98 Å². The SMILES string of the molecule is CC(C)(C)ON(C=O)Cc1cnc[nH]1. The molecule has 0 aliphatic rings. The lowest BCUT2D eigenvalue weighted by Gasteiger charge is -2.26. The van der Waals surface area contributed by atoms with Crippen LogP contribution >= 0.6 is 0 Å². The Balaban J connectivity index is 2.52. The van der Waals surface area contributed by atoms with E-state index in [9.17, 15) is 4.79 Å². The van der Waals surface area contributed by atoms with Gasteiger partial charge in [0, 0.05) is 6.20 Å². The molecule has 1 rings (SSSR count). The molecule has 0 atom stereocenters. The van der Waals surface area contributed by atoms with Crippen LogP contribution in [0.5, 0.6) is 0 Å². The van der Waals surface area contributed by atoms with E-state index >= 15 is 0 Å². The maximum Gasteiger partial charge on any atom is 0.233 e. The van der Waals surface area contributed by atoms with Crippen molar-refractivity contribution in [2.45, 2.75) is 32.9 Å². The van der Waals surface area contributed by atoms with Crippen LogP contribution in [-0.2, 0) is 16.2 Å². The standard InChI is InChI=1S/C9H15N3O2/c1-9(2,3)14-12(7-13)5-8-4-10-6-11-8/h4,6-7H,5H2,1-3H3,(H,10,11). The molecule has 0 fully saturated rings. The molecule has 0 saturated heterocycles. The van der Waals surface area contributed by atoms with E-state index in [0.717, 1.165) is 5.69 Å². The number of hydrogen-bond donors (Lipinski definition) is 1. The quantitative estimate of drug-likeness (QED) is 0.580. The molecule has 0 spiro atoms. The number of aromatic amines is 1. The van der Waals surface area contributed by atoms with Crippen molar-refractivity contribution >= 4 is 6.41 Å². The number of carbonyl (C=O) groups excluding carboxylic acids is 1. The van der Waals surface area contributed by atoms with E-state index in [-0.39, 0.29) is 5.60 Å². The van der Waals surface area contributed by atoms with Gasteiger partial charge in [-0.05, 0) is 20.8 Å². The molecule has 5 nitrogen and oxygen atoms in total. The van der Waals surface area contributed by atoms with Gasteiger partial charge in [0.05, 0.1) is 24.2 Å². The second kappa shape index (κ2) is 4.23. The van der Waals surface area contributed by atoms with Gasteiger partial charge in [0.2, 0.25) is 6.41 Å². The maximum absolute atomic E-state index is 10.7. The van der Waals surface area contributed by atoms with Crippen LogP contribution in [0.2, 0.25) is 0 Å². The Morgan fingerprint density at radius 1 is 1.64 bits per heavy atom. The van der Waals surface area contributed by atoms with Crippen molar-refractivity contribution in [2.75, 3.05) is 0 Å². The molecule has 1 aromatic rings. The molecule has 14 heavy (non-hydrogen) atoms. The summed E-state index contributed by atoms with van der Waals surface area (Å²) in [7, 11) is 0. The van der Waals surface area contributed by atoms with E-state index in [1.807, 2.05) is 20.8 Å². The zero-order chi connectivity index (χ0) is 10.6. The van der Waals surface area contributed by atoms with Crippen molar-refractivity contribution in [2.24, 2.45) is 0 Å². The molecule has 1 heterocycles. The first-order valence-corrected chi connectivity index (χ1v) is 4.39. The molecular formula is C9H15N3O2. The average Bonchev–Trinajstić information content (AvgIpc) is 2.53. The second-order valence-electron chi connectivity index (χ2n) is 3.96. The van der Waals surface area contributed by atoms with Gasteiger partial charge in [0.25, 0.3) is 0 Å². The molecule has 0 bridgehead atoms. The summed E-state index contributed by atoms with van der Waals surface area (Å²) in [4.78, 5) is 22.8. The van der Waals surface area contributed by atoms with Crippen molar-refractivity contribution < 1.29 is 9.63 Å². The van der Waals surface area contributed by atoms with E-state index in [4.69, 9.17) is 4.84 Å². The van der Waals surface area contributed by atoms with Crippen LogP contribution < -0.4 is 0 Å². The molecule has 5 heteroatoms. The molecule has 0 saturated carbocycles. The predicted octanol–water partition coefficient (Wildman–Crippen LogP) is 1.10. The summed E-state index contributed by atoms with van der Waals surface area (Å²) in [6, 6.07) is 0. The summed E-state index contributed by atoms with van der Waals surface area (Å²) >= 11 is 0. The van der Waals surface area contributed by atoms with E-state index in [1.54, 1.807) is 12.5 Å². The van der Waals surface area contributed by atoms with Gasteiger partial charge in [-0.1, -0.05) is 0 Å². The topological polar surface area (TPSA) is 58.2 Å². The number of nitrogens with zero attached hydrogens (tertiary/aromatic N) is 2. The minimum atomic E-state index is -0.374. The number of hydroxylamine groups is 2. The highest BCUT2D eigenvalue weighted by Gasteiger charge is 2.16. The zero-order valence-electron chi connectivity index (χ0n) is 8.65. The van der Waals surface area contributed by atoms with Gasteiger partial charge in [-0.25, -0.2) is 10.0 Å². The monoisotopic (exact) mass is 197 g/mol. The third-order valence-electron chi connectivity index (χ3n) is 1.39. The molecule has 0 radical (unpaired) electrons. The van der Waals surface area contributed by atoms with Crippen molar-refractivity contribution in [3.63, 3.8) is 0 Å². The highest BCUT2D eigenvalue weighted by Crippen LogP contribution is 2.10.